The number of phosphoric acid groups is 1. The minimum Gasteiger partial charge on any atom is -0.493 e. The van der Waals surface area contributed by atoms with Gasteiger partial charge in [-0.25, -0.2) is 9.09 Å². The molecule has 7 nitrogen and oxygen atoms in total. The normalized spacial score (nSPS) is 12.8. The average Bonchev–Trinajstić information content (AvgIpc) is 2.50. The second kappa shape index (κ2) is 9.48. The summed E-state index contributed by atoms with van der Waals surface area (Å²) >= 11 is 5.88. The maximum Gasteiger partial charge on any atom is 0.478 e. The van der Waals surface area contributed by atoms with Crippen LogP contribution in [0.3, 0.4) is 0 Å². The first-order chi connectivity index (χ1) is 12.3. The molecule has 0 saturated carbocycles. The predicted molar refractivity (Wildman–Crippen MR) is 105 cm³/mol. The van der Waals surface area contributed by atoms with Gasteiger partial charge < -0.3 is 14.2 Å². The van der Waals surface area contributed by atoms with E-state index in [9.17, 15) is 4.57 Å². The van der Waals surface area contributed by atoms with Crippen molar-refractivity contribution in [2.75, 3.05) is 21.0 Å². The molecule has 0 aliphatic heterocycles. The lowest BCUT2D eigenvalue weighted by Crippen LogP contribution is -2.25. The van der Waals surface area contributed by atoms with Crippen LogP contribution < -0.4 is 14.2 Å². The van der Waals surface area contributed by atoms with E-state index < -0.39 is 25.8 Å². The Kier molecular flexibility index (Phi) is 8.45. The van der Waals surface area contributed by atoms with Crippen LogP contribution in [0.15, 0.2) is 12.1 Å². The van der Waals surface area contributed by atoms with Gasteiger partial charge in [-0.1, -0.05) is 0 Å². The van der Waals surface area contributed by atoms with Gasteiger partial charge in [-0.2, -0.15) is 0 Å². The SMILES string of the molecule is COc1cc(CCl)cc(OC)c1OCOP(=O)(OC(C)(C)C)OC(C)(C)C. The average molecular weight is 425 g/mol. The molecule has 9 heteroatoms. The molecule has 0 fully saturated rings. The number of ether oxygens (including phenoxy) is 3. The smallest absolute Gasteiger partial charge is 0.478 e. The second-order valence-electron chi connectivity index (χ2n) is 7.71. The first-order valence-corrected chi connectivity index (χ1v) is 10.4. The van der Waals surface area contributed by atoms with Crippen molar-refractivity contribution in [3.8, 4) is 17.2 Å². The van der Waals surface area contributed by atoms with E-state index >= 15 is 0 Å². The number of halogens is 1. The molecule has 1 aromatic rings. The summed E-state index contributed by atoms with van der Waals surface area (Å²) in [6.07, 6.45) is 0. The first-order valence-electron chi connectivity index (χ1n) is 8.42. The number of hydrogen-bond acceptors (Lipinski definition) is 7. The van der Waals surface area contributed by atoms with Crippen LogP contribution in [0.25, 0.3) is 0 Å². The molecule has 0 spiro atoms. The van der Waals surface area contributed by atoms with E-state index in [4.69, 9.17) is 39.4 Å². The molecular weight excluding hydrogens is 395 g/mol. The summed E-state index contributed by atoms with van der Waals surface area (Å²) in [5, 5.41) is 0. The van der Waals surface area contributed by atoms with E-state index in [2.05, 4.69) is 0 Å². The lowest BCUT2D eigenvalue weighted by Gasteiger charge is -2.30. The molecule has 156 valence electrons. The van der Waals surface area contributed by atoms with Crippen LogP contribution in [-0.2, 0) is 24.0 Å². The number of alkyl halides is 1. The molecule has 0 aliphatic rings. The molecule has 0 heterocycles. The van der Waals surface area contributed by atoms with Gasteiger partial charge >= 0.3 is 7.82 Å². The Morgan fingerprint density at radius 3 is 1.70 bits per heavy atom. The van der Waals surface area contributed by atoms with E-state index in [-0.39, 0.29) is 5.88 Å². The van der Waals surface area contributed by atoms with E-state index in [0.717, 1.165) is 5.56 Å². The molecule has 0 N–H and O–H groups in total. The molecular formula is C18H30ClO7P. The van der Waals surface area contributed by atoms with Gasteiger partial charge in [0, 0.05) is 5.88 Å². The zero-order chi connectivity index (χ0) is 20.9. The highest BCUT2D eigenvalue weighted by Crippen LogP contribution is 2.55. The molecule has 0 atom stereocenters. The molecule has 0 aromatic heterocycles. The van der Waals surface area contributed by atoms with Crippen molar-refractivity contribution in [2.45, 2.75) is 58.6 Å². The molecule has 0 bridgehead atoms. The number of methoxy groups -OCH3 is 2. The van der Waals surface area contributed by atoms with Gasteiger partial charge in [0.25, 0.3) is 0 Å². The predicted octanol–water partition coefficient (Wildman–Crippen LogP) is 5.53. The number of rotatable bonds is 9. The highest BCUT2D eigenvalue weighted by molar-refractivity contribution is 7.48. The van der Waals surface area contributed by atoms with Crippen molar-refractivity contribution >= 4 is 19.4 Å². The van der Waals surface area contributed by atoms with Gasteiger partial charge in [0.05, 0.1) is 25.4 Å². The summed E-state index contributed by atoms with van der Waals surface area (Å²) < 4.78 is 45.8. The summed E-state index contributed by atoms with van der Waals surface area (Å²) in [6.45, 7) is 10.1. The molecule has 0 radical (unpaired) electrons. The Hall–Kier alpha value is -0.980. The van der Waals surface area contributed by atoms with Crippen LogP contribution in [-0.4, -0.2) is 32.2 Å². The zero-order valence-electron chi connectivity index (χ0n) is 17.3. The van der Waals surface area contributed by atoms with Crippen molar-refractivity contribution < 1.29 is 32.3 Å². The fraction of sp³-hybridized carbons (Fsp3) is 0.667. The van der Waals surface area contributed by atoms with Crippen molar-refractivity contribution in [3.05, 3.63) is 17.7 Å². The van der Waals surface area contributed by atoms with Gasteiger partial charge in [0.15, 0.2) is 11.5 Å². The Morgan fingerprint density at radius 2 is 1.37 bits per heavy atom. The van der Waals surface area contributed by atoms with Crippen LogP contribution in [0, 0.1) is 0 Å². The quantitative estimate of drug-likeness (QED) is 0.293. The van der Waals surface area contributed by atoms with Crippen LogP contribution in [0.5, 0.6) is 17.2 Å². The monoisotopic (exact) mass is 424 g/mol. The van der Waals surface area contributed by atoms with Crippen molar-refractivity contribution in [1.29, 1.82) is 0 Å². The minimum atomic E-state index is -3.89. The maximum atomic E-state index is 13.0. The zero-order valence-corrected chi connectivity index (χ0v) is 18.9. The van der Waals surface area contributed by atoms with Gasteiger partial charge in [-0.3, -0.25) is 9.05 Å². The highest BCUT2D eigenvalue weighted by atomic mass is 35.5. The third kappa shape index (κ3) is 8.28. The number of benzene rings is 1. The minimum absolute atomic E-state index is 0.289. The van der Waals surface area contributed by atoms with E-state index in [1.54, 1.807) is 53.7 Å². The fourth-order valence-electron chi connectivity index (χ4n) is 2.05. The first kappa shape index (κ1) is 24.1. The van der Waals surface area contributed by atoms with E-state index in [1.165, 1.54) is 14.2 Å². The van der Waals surface area contributed by atoms with Crippen molar-refractivity contribution in [1.82, 2.24) is 0 Å². The standard InChI is InChI=1S/C18H30ClO7P/c1-17(2,3)25-27(20,26-18(4,5)6)24-12-23-16-14(21-7)9-13(11-19)10-15(16)22-8/h9-10H,11-12H2,1-8H3. The Bertz CT molecular complexity index is 620. The molecule has 0 saturated heterocycles. The molecule has 1 aromatic carbocycles. The lowest BCUT2D eigenvalue weighted by molar-refractivity contribution is -0.0197. The van der Waals surface area contributed by atoms with Gasteiger partial charge in [-0.15, -0.1) is 11.6 Å². The van der Waals surface area contributed by atoms with E-state index in [1.807, 2.05) is 0 Å². The molecule has 1 rings (SSSR count). The van der Waals surface area contributed by atoms with Gasteiger partial charge in [-0.05, 0) is 59.2 Å². The van der Waals surface area contributed by atoms with Crippen LogP contribution in [0.1, 0.15) is 47.1 Å². The Balaban J connectivity index is 2.99. The molecule has 0 aliphatic carbocycles. The third-order valence-electron chi connectivity index (χ3n) is 2.86. The van der Waals surface area contributed by atoms with Gasteiger partial charge in [0.2, 0.25) is 12.5 Å². The Labute approximate surface area is 166 Å². The van der Waals surface area contributed by atoms with Crippen LogP contribution in [0.2, 0.25) is 0 Å². The van der Waals surface area contributed by atoms with Gasteiger partial charge in [0.1, 0.15) is 0 Å². The van der Waals surface area contributed by atoms with Crippen LogP contribution in [0.4, 0.5) is 0 Å². The van der Waals surface area contributed by atoms with Crippen LogP contribution >= 0.6 is 19.4 Å². The summed E-state index contributed by atoms with van der Waals surface area (Å²) in [4.78, 5) is 0. The van der Waals surface area contributed by atoms with Crippen molar-refractivity contribution in [3.63, 3.8) is 0 Å². The molecule has 0 amide bonds. The lowest BCUT2D eigenvalue weighted by atomic mass is 10.2. The molecule has 27 heavy (non-hydrogen) atoms. The number of hydrogen-bond donors (Lipinski definition) is 0. The summed E-state index contributed by atoms with van der Waals surface area (Å²) in [6, 6.07) is 3.45. The fourth-order valence-corrected chi connectivity index (χ4v) is 3.87. The second-order valence-corrected chi connectivity index (χ2v) is 9.49. The topological polar surface area (TPSA) is 72.5 Å². The highest BCUT2D eigenvalue weighted by Gasteiger charge is 2.37. The molecule has 0 unspecified atom stereocenters. The van der Waals surface area contributed by atoms with Crippen molar-refractivity contribution in [2.24, 2.45) is 0 Å². The third-order valence-corrected chi connectivity index (χ3v) is 5.13. The summed E-state index contributed by atoms with van der Waals surface area (Å²) in [7, 11) is -0.896. The van der Waals surface area contributed by atoms with E-state index in [0.29, 0.717) is 17.2 Å². The number of phosphoric ester groups is 1. The Morgan fingerprint density at radius 1 is 0.926 bits per heavy atom. The summed E-state index contributed by atoms with van der Waals surface area (Å²) in [5.74, 6) is 1.41. The largest absolute Gasteiger partial charge is 0.493 e. The summed E-state index contributed by atoms with van der Waals surface area (Å²) in [5.41, 5.74) is -0.674. The maximum absolute atomic E-state index is 13.0.